The fourth-order valence-electron chi connectivity index (χ4n) is 2.75. The fraction of sp³-hybridized carbons (Fsp3) is 0.111. The lowest BCUT2D eigenvalue weighted by molar-refractivity contribution is -0.112. The van der Waals surface area contributed by atoms with Gasteiger partial charge in [-0.1, -0.05) is 60.3 Å². The second-order valence-electron chi connectivity index (χ2n) is 5.14. The number of hydrogen-bond donors (Lipinski definition) is 0. The monoisotopic (exact) mass is 306 g/mol. The summed E-state index contributed by atoms with van der Waals surface area (Å²) in [5.74, 6) is 0.956. The van der Waals surface area contributed by atoms with Gasteiger partial charge in [-0.15, -0.1) is 0 Å². The Bertz CT molecular complexity index is 796. The van der Waals surface area contributed by atoms with Gasteiger partial charge in [0.15, 0.2) is 5.17 Å². The van der Waals surface area contributed by atoms with E-state index in [4.69, 9.17) is 0 Å². The van der Waals surface area contributed by atoms with Crippen molar-refractivity contribution in [3.05, 3.63) is 65.7 Å². The fourth-order valence-corrected chi connectivity index (χ4v) is 3.60. The number of para-hydroxylation sites is 1. The maximum absolute atomic E-state index is 12.9. The molecule has 2 aromatic rings. The lowest BCUT2D eigenvalue weighted by Crippen LogP contribution is -2.30. The number of nitrogens with zero attached hydrogens (tertiary/aromatic N) is 2. The predicted molar refractivity (Wildman–Crippen MR) is 93.0 cm³/mol. The van der Waals surface area contributed by atoms with Gasteiger partial charge in [-0.25, -0.2) is 0 Å². The number of aliphatic imine (C=N–C) groups is 1. The first-order chi connectivity index (χ1) is 10.8. The van der Waals surface area contributed by atoms with Crippen LogP contribution in [0.5, 0.6) is 0 Å². The molecule has 2 aliphatic heterocycles. The van der Waals surface area contributed by atoms with E-state index in [1.807, 2.05) is 60.7 Å². The van der Waals surface area contributed by atoms with Crippen molar-refractivity contribution in [3.8, 4) is 0 Å². The number of anilines is 1. The molecular weight excluding hydrogens is 292 g/mol. The third-order valence-corrected chi connectivity index (χ3v) is 4.70. The molecule has 4 rings (SSSR count). The van der Waals surface area contributed by atoms with Gasteiger partial charge in [0.05, 0.1) is 17.8 Å². The Hall–Kier alpha value is -2.33. The Morgan fingerprint density at radius 2 is 1.82 bits per heavy atom. The van der Waals surface area contributed by atoms with Gasteiger partial charge in [-0.2, -0.15) is 0 Å². The number of carbonyl (C=O) groups excluding carboxylic acids is 1. The molecule has 0 saturated heterocycles. The van der Waals surface area contributed by atoms with E-state index in [0.29, 0.717) is 0 Å². The third-order valence-electron chi connectivity index (χ3n) is 3.74. The molecule has 0 unspecified atom stereocenters. The van der Waals surface area contributed by atoms with Crippen molar-refractivity contribution < 1.29 is 4.79 Å². The van der Waals surface area contributed by atoms with E-state index in [2.05, 4.69) is 4.99 Å². The number of hydrogen-bond acceptors (Lipinski definition) is 3. The lowest BCUT2D eigenvalue weighted by atomic mass is 10.0. The largest absolute Gasteiger partial charge is 0.268 e. The maximum atomic E-state index is 12.9. The number of fused-ring (bicyclic) bond motifs is 1. The molecule has 0 N–H and O–H groups in total. The number of benzene rings is 2. The zero-order chi connectivity index (χ0) is 14.9. The normalized spacial score (nSPS) is 18.7. The minimum atomic E-state index is 0.0122. The molecule has 0 fully saturated rings. The van der Waals surface area contributed by atoms with Gasteiger partial charge in [0.2, 0.25) is 0 Å². The highest BCUT2D eigenvalue weighted by Crippen LogP contribution is 2.39. The van der Waals surface area contributed by atoms with Crippen LogP contribution in [-0.4, -0.2) is 23.4 Å². The highest BCUT2D eigenvalue weighted by molar-refractivity contribution is 8.14. The highest BCUT2D eigenvalue weighted by atomic mass is 32.2. The molecule has 0 bridgehead atoms. The second kappa shape index (κ2) is 5.46. The number of rotatable bonds is 1. The van der Waals surface area contributed by atoms with Crippen molar-refractivity contribution >= 4 is 40.2 Å². The number of carbonyl (C=O) groups is 1. The van der Waals surface area contributed by atoms with Crippen molar-refractivity contribution in [1.82, 2.24) is 0 Å². The summed E-state index contributed by atoms with van der Waals surface area (Å²) in [6.07, 6.45) is 1.96. The molecule has 0 spiro atoms. The van der Waals surface area contributed by atoms with Crippen LogP contribution < -0.4 is 4.90 Å². The smallest absolute Gasteiger partial charge is 0.265 e. The molecule has 0 saturated carbocycles. The van der Waals surface area contributed by atoms with Gasteiger partial charge in [-0.3, -0.25) is 14.7 Å². The van der Waals surface area contributed by atoms with Crippen LogP contribution >= 0.6 is 11.8 Å². The molecule has 22 heavy (non-hydrogen) atoms. The molecule has 0 aromatic heterocycles. The van der Waals surface area contributed by atoms with E-state index >= 15 is 0 Å². The Labute approximate surface area is 133 Å². The van der Waals surface area contributed by atoms with Crippen molar-refractivity contribution in [3.63, 3.8) is 0 Å². The summed E-state index contributed by atoms with van der Waals surface area (Å²) in [5, 5.41) is 0.814. The maximum Gasteiger partial charge on any atom is 0.265 e. The zero-order valence-corrected chi connectivity index (χ0v) is 12.7. The summed E-state index contributed by atoms with van der Waals surface area (Å²) in [5.41, 5.74) is 3.68. The molecular formula is C18H14N2OS. The van der Waals surface area contributed by atoms with Crippen LogP contribution in [-0.2, 0) is 4.79 Å². The van der Waals surface area contributed by atoms with E-state index < -0.39 is 0 Å². The number of amidine groups is 1. The Morgan fingerprint density at radius 1 is 1.05 bits per heavy atom. The average Bonchev–Trinajstić information content (AvgIpc) is 3.16. The van der Waals surface area contributed by atoms with Crippen LogP contribution in [0.15, 0.2) is 59.6 Å². The van der Waals surface area contributed by atoms with Crippen molar-refractivity contribution in [2.75, 3.05) is 17.2 Å². The SMILES string of the molecule is O=C1/C(=C\c2ccccc2)c2ccccc2N1C1=NCCS1. The quantitative estimate of drug-likeness (QED) is 0.753. The number of thioether (sulfide) groups is 1. The predicted octanol–water partition coefficient (Wildman–Crippen LogP) is 3.68. The Morgan fingerprint density at radius 3 is 2.59 bits per heavy atom. The Balaban J connectivity index is 1.84. The molecule has 108 valence electrons. The molecule has 1 amide bonds. The van der Waals surface area contributed by atoms with Gasteiger partial charge >= 0.3 is 0 Å². The Kier molecular flexibility index (Phi) is 3.31. The molecule has 4 heteroatoms. The second-order valence-corrected chi connectivity index (χ2v) is 6.20. The molecule has 2 heterocycles. The molecule has 2 aromatic carbocycles. The lowest BCUT2D eigenvalue weighted by Gasteiger charge is -2.15. The average molecular weight is 306 g/mol. The van der Waals surface area contributed by atoms with Gasteiger partial charge in [0, 0.05) is 11.3 Å². The first kappa shape index (κ1) is 13.3. The van der Waals surface area contributed by atoms with Crippen LogP contribution in [0.1, 0.15) is 11.1 Å². The minimum absolute atomic E-state index is 0.0122. The van der Waals surface area contributed by atoms with Crippen LogP contribution in [0.25, 0.3) is 11.6 Å². The van der Waals surface area contributed by atoms with Gasteiger partial charge in [0.1, 0.15) is 0 Å². The molecule has 0 radical (unpaired) electrons. The van der Waals surface area contributed by atoms with Crippen LogP contribution in [0, 0.1) is 0 Å². The first-order valence-corrected chi connectivity index (χ1v) is 8.21. The minimum Gasteiger partial charge on any atom is -0.268 e. The van der Waals surface area contributed by atoms with Crippen molar-refractivity contribution in [2.45, 2.75) is 0 Å². The zero-order valence-electron chi connectivity index (χ0n) is 11.9. The summed E-state index contributed by atoms with van der Waals surface area (Å²) >= 11 is 1.64. The van der Waals surface area contributed by atoms with Gasteiger partial charge < -0.3 is 0 Å². The van der Waals surface area contributed by atoms with Crippen molar-refractivity contribution in [2.24, 2.45) is 4.99 Å². The van der Waals surface area contributed by atoms with Crippen LogP contribution in [0.4, 0.5) is 5.69 Å². The highest BCUT2D eigenvalue weighted by Gasteiger charge is 2.36. The summed E-state index contributed by atoms with van der Waals surface area (Å²) in [6.45, 7) is 0.781. The third kappa shape index (κ3) is 2.16. The molecule has 2 aliphatic rings. The molecule has 3 nitrogen and oxygen atoms in total. The van der Waals surface area contributed by atoms with Crippen LogP contribution in [0.2, 0.25) is 0 Å². The van der Waals surface area contributed by atoms with E-state index in [-0.39, 0.29) is 5.91 Å². The summed E-state index contributed by atoms with van der Waals surface area (Å²) in [6, 6.07) is 17.9. The standard InChI is InChI=1S/C18H14N2OS/c21-17-15(12-13-6-2-1-3-7-13)14-8-4-5-9-16(14)20(17)18-19-10-11-22-18/h1-9,12H,10-11H2/b15-12-. The first-order valence-electron chi connectivity index (χ1n) is 7.22. The van der Waals surface area contributed by atoms with Gasteiger partial charge in [0.25, 0.3) is 5.91 Å². The molecule has 0 atom stereocenters. The number of amides is 1. The molecule has 0 aliphatic carbocycles. The van der Waals surface area contributed by atoms with E-state index in [1.54, 1.807) is 16.7 Å². The van der Waals surface area contributed by atoms with Gasteiger partial charge in [-0.05, 0) is 17.7 Å². The summed E-state index contributed by atoms with van der Waals surface area (Å²) < 4.78 is 0. The topological polar surface area (TPSA) is 32.7 Å². The van der Waals surface area contributed by atoms with Crippen LogP contribution in [0.3, 0.4) is 0 Å². The van der Waals surface area contributed by atoms with E-state index in [1.165, 1.54) is 0 Å². The van der Waals surface area contributed by atoms with Crippen molar-refractivity contribution in [1.29, 1.82) is 0 Å². The summed E-state index contributed by atoms with van der Waals surface area (Å²) in [7, 11) is 0. The van der Waals surface area contributed by atoms with E-state index in [9.17, 15) is 4.79 Å². The summed E-state index contributed by atoms with van der Waals surface area (Å²) in [4.78, 5) is 19.1. The van der Waals surface area contributed by atoms with E-state index in [0.717, 1.165) is 39.9 Å².